The third kappa shape index (κ3) is 6.99. The topological polar surface area (TPSA) is 68.7 Å². The van der Waals surface area contributed by atoms with Gasteiger partial charge in [0.15, 0.2) is 5.96 Å². The van der Waals surface area contributed by atoms with Gasteiger partial charge in [0, 0.05) is 63.0 Å². The van der Waals surface area contributed by atoms with Gasteiger partial charge in [0.1, 0.15) is 0 Å². The van der Waals surface area contributed by atoms with Gasteiger partial charge in [0.05, 0.1) is 6.54 Å². The van der Waals surface area contributed by atoms with Crippen molar-refractivity contribution in [3.63, 3.8) is 0 Å². The van der Waals surface area contributed by atoms with Crippen LogP contribution in [0.25, 0.3) is 0 Å². The minimum absolute atomic E-state index is 0.165. The maximum absolute atomic E-state index is 4.72. The number of rotatable bonds is 8. The number of hydrogen-bond acceptors (Lipinski definition) is 6. The summed E-state index contributed by atoms with van der Waals surface area (Å²) in [4.78, 5) is 18.1. The fraction of sp³-hybridized carbons (Fsp3) is 0.722. The summed E-state index contributed by atoms with van der Waals surface area (Å²) >= 11 is 1.85. The van der Waals surface area contributed by atoms with Gasteiger partial charge in [-0.1, -0.05) is 0 Å². The standard InChI is InChI=1S/C18H33N7S/c1-5-19-16(23-15-18(2,3)26-4)20-9-10-24-11-13-25(14-12-24)17-21-7-6-8-22-17/h6-8H,5,9-15H2,1-4H3,(H2,19,20,23). The molecule has 0 saturated carbocycles. The molecule has 1 saturated heterocycles. The predicted octanol–water partition coefficient (Wildman–Crippen LogP) is 1.30. The minimum Gasteiger partial charge on any atom is -0.357 e. The van der Waals surface area contributed by atoms with Gasteiger partial charge in [-0.25, -0.2) is 9.97 Å². The van der Waals surface area contributed by atoms with E-state index in [1.807, 2.05) is 17.8 Å². The average Bonchev–Trinajstić information content (AvgIpc) is 2.67. The Morgan fingerprint density at radius 1 is 1.19 bits per heavy atom. The van der Waals surface area contributed by atoms with Crippen LogP contribution in [0, 0.1) is 0 Å². The summed E-state index contributed by atoms with van der Waals surface area (Å²) in [6.07, 6.45) is 5.74. The highest BCUT2D eigenvalue weighted by molar-refractivity contribution is 7.99. The lowest BCUT2D eigenvalue weighted by atomic mass is 10.2. The summed E-state index contributed by atoms with van der Waals surface area (Å²) in [5.41, 5.74) is 0. The molecule has 0 unspecified atom stereocenters. The Morgan fingerprint density at radius 3 is 2.50 bits per heavy atom. The van der Waals surface area contributed by atoms with E-state index in [0.717, 1.165) is 64.3 Å². The average molecular weight is 380 g/mol. The van der Waals surface area contributed by atoms with E-state index in [2.05, 4.69) is 57.4 Å². The van der Waals surface area contributed by atoms with Gasteiger partial charge in [0.25, 0.3) is 0 Å². The second kappa shape index (κ2) is 10.6. The van der Waals surface area contributed by atoms with E-state index in [9.17, 15) is 0 Å². The molecule has 0 aromatic carbocycles. The van der Waals surface area contributed by atoms with Gasteiger partial charge >= 0.3 is 0 Å². The largest absolute Gasteiger partial charge is 0.357 e. The van der Waals surface area contributed by atoms with Crippen molar-refractivity contribution in [3.05, 3.63) is 18.5 Å². The normalized spacial score (nSPS) is 16.6. The molecular formula is C18H33N7S. The number of aromatic nitrogens is 2. The molecule has 1 aliphatic heterocycles. The van der Waals surface area contributed by atoms with E-state index in [4.69, 9.17) is 4.99 Å². The van der Waals surface area contributed by atoms with Crippen molar-refractivity contribution in [1.29, 1.82) is 0 Å². The maximum Gasteiger partial charge on any atom is 0.225 e. The summed E-state index contributed by atoms with van der Waals surface area (Å²) in [6, 6.07) is 1.86. The molecule has 8 heteroatoms. The van der Waals surface area contributed by atoms with Crippen molar-refractivity contribution in [2.75, 3.05) is 63.5 Å². The molecule has 2 heterocycles. The Morgan fingerprint density at radius 2 is 1.88 bits per heavy atom. The number of aliphatic imine (C=N–C) groups is 1. The predicted molar refractivity (Wildman–Crippen MR) is 112 cm³/mol. The Balaban J connectivity index is 1.72. The molecule has 1 aromatic heterocycles. The van der Waals surface area contributed by atoms with E-state index in [1.165, 1.54) is 0 Å². The van der Waals surface area contributed by atoms with Crippen LogP contribution >= 0.6 is 11.8 Å². The van der Waals surface area contributed by atoms with Crippen LogP contribution in [-0.2, 0) is 0 Å². The molecule has 0 radical (unpaired) electrons. The first-order valence-electron chi connectivity index (χ1n) is 9.35. The SMILES string of the molecule is CCNC(=NCC(C)(C)SC)NCCN1CCN(c2ncccn2)CC1. The van der Waals surface area contributed by atoms with Crippen molar-refractivity contribution < 1.29 is 0 Å². The van der Waals surface area contributed by atoms with E-state index in [1.54, 1.807) is 12.4 Å². The number of piperazine rings is 1. The highest BCUT2D eigenvalue weighted by Gasteiger charge is 2.18. The van der Waals surface area contributed by atoms with E-state index in [0.29, 0.717) is 0 Å². The molecule has 0 atom stereocenters. The number of anilines is 1. The highest BCUT2D eigenvalue weighted by atomic mass is 32.2. The Bertz CT molecular complexity index is 542. The van der Waals surface area contributed by atoms with Gasteiger partial charge in [-0.15, -0.1) is 0 Å². The Kier molecular flexibility index (Phi) is 8.44. The zero-order chi connectivity index (χ0) is 18.8. The van der Waals surface area contributed by atoms with Crippen molar-refractivity contribution in [1.82, 2.24) is 25.5 Å². The van der Waals surface area contributed by atoms with Crippen LogP contribution in [0.1, 0.15) is 20.8 Å². The number of guanidine groups is 1. The summed E-state index contributed by atoms with van der Waals surface area (Å²) in [5.74, 6) is 1.74. The monoisotopic (exact) mass is 379 g/mol. The Hall–Kier alpha value is -1.54. The zero-order valence-electron chi connectivity index (χ0n) is 16.5. The van der Waals surface area contributed by atoms with Gasteiger partial charge in [0.2, 0.25) is 5.95 Å². The lowest BCUT2D eigenvalue weighted by Gasteiger charge is -2.34. The minimum atomic E-state index is 0.165. The van der Waals surface area contributed by atoms with Crippen LogP contribution in [0.3, 0.4) is 0 Å². The molecule has 0 bridgehead atoms. The van der Waals surface area contributed by atoms with Gasteiger partial charge < -0.3 is 15.5 Å². The van der Waals surface area contributed by atoms with Crippen LogP contribution in [0.4, 0.5) is 5.95 Å². The molecule has 0 aliphatic carbocycles. The van der Waals surface area contributed by atoms with Crippen molar-refractivity contribution in [2.45, 2.75) is 25.5 Å². The number of hydrogen-bond donors (Lipinski definition) is 2. The molecule has 26 heavy (non-hydrogen) atoms. The van der Waals surface area contributed by atoms with Gasteiger partial charge in [-0.2, -0.15) is 11.8 Å². The van der Waals surface area contributed by atoms with Crippen LogP contribution in [0.5, 0.6) is 0 Å². The van der Waals surface area contributed by atoms with Crippen LogP contribution in [-0.4, -0.2) is 84.2 Å². The quantitative estimate of drug-likeness (QED) is 0.521. The summed E-state index contributed by atoms with van der Waals surface area (Å²) < 4.78 is 0.165. The Labute approximate surface area is 162 Å². The lowest BCUT2D eigenvalue weighted by molar-refractivity contribution is 0.260. The summed E-state index contributed by atoms with van der Waals surface area (Å²) in [5, 5.41) is 6.79. The molecule has 1 fully saturated rings. The van der Waals surface area contributed by atoms with Crippen LogP contribution in [0.15, 0.2) is 23.5 Å². The third-order valence-corrected chi connectivity index (χ3v) is 5.68. The van der Waals surface area contributed by atoms with E-state index < -0.39 is 0 Å². The van der Waals surface area contributed by atoms with Crippen LogP contribution < -0.4 is 15.5 Å². The molecule has 1 aromatic rings. The zero-order valence-corrected chi connectivity index (χ0v) is 17.3. The molecule has 0 amide bonds. The molecule has 0 spiro atoms. The number of nitrogens with zero attached hydrogens (tertiary/aromatic N) is 5. The molecule has 2 N–H and O–H groups in total. The first-order chi connectivity index (χ1) is 12.5. The second-order valence-electron chi connectivity index (χ2n) is 6.96. The molecule has 146 valence electrons. The molecule has 2 rings (SSSR count). The fourth-order valence-electron chi connectivity index (χ4n) is 2.63. The summed E-state index contributed by atoms with van der Waals surface area (Å²) in [6.45, 7) is 14.2. The first kappa shape index (κ1) is 20.8. The summed E-state index contributed by atoms with van der Waals surface area (Å²) in [7, 11) is 0. The highest BCUT2D eigenvalue weighted by Crippen LogP contribution is 2.20. The number of thioether (sulfide) groups is 1. The molecular weight excluding hydrogens is 346 g/mol. The van der Waals surface area contributed by atoms with E-state index in [-0.39, 0.29) is 4.75 Å². The van der Waals surface area contributed by atoms with Gasteiger partial charge in [-0.3, -0.25) is 9.89 Å². The number of nitrogens with one attached hydrogen (secondary N) is 2. The van der Waals surface area contributed by atoms with Crippen LogP contribution in [0.2, 0.25) is 0 Å². The molecule has 7 nitrogen and oxygen atoms in total. The van der Waals surface area contributed by atoms with E-state index >= 15 is 0 Å². The van der Waals surface area contributed by atoms with Crippen molar-refractivity contribution in [3.8, 4) is 0 Å². The third-order valence-electron chi connectivity index (χ3n) is 4.44. The maximum atomic E-state index is 4.72. The van der Waals surface area contributed by atoms with Crippen molar-refractivity contribution >= 4 is 23.7 Å². The fourth-order valence-corrected chi connectivity index (χ4v) is 2.83. The first-order valence-corrected chi connectivity index (χ1v) is 10.6. The van der Waals surface area contributed by atoms with Gasteiger partial charge in [-0.05, 0) is 33.1 Å². The second-order valence-corrected chi connectivity index (χ2v) is 8.48. The lowest BCUT2D eigenvalue weighted by Crippen LogP contribution is -2.49. The smallest absolute Gasteiger partial charge is 0.225 e. The van der Waals surface area contributed by atoms with Crippen molar-refractivity contribution in [2.24, 2.45) is 4.99 Å². The molecule has 1 aliphatic rings.